The van der Waals surface area contributed by atoms with E-state index in [1.54, 1.807) is 10.9 Å². The van der Waals surface area contributed by atoms with E-state index in [9.17, 15) is 22.8 Å². The maximum Gasteiger partial charge on any atom is 0.329 e. The van der Waals surface area contributed by atoms with Gasteiger partial charge in [0.1, 0.15) is 18.9 Å². The molecule has 0 aliphatic carbocycles. The molecule has 0 fully saturated rings. The molecule has 2 amide bonds. The molecule has 1 atom stereocenters. The highest BCUT2D eigenvalue weighted by atomic mass is 32.2. The van der Waals surface area contributed by atoms with Crippen LogP contribution in [-0.4, -0.2) is 94.0 Å². The zero-order valence-corrected chi connectivity index (χ0v) is 25.6. The van der Waals surface area contributed by atoms with Crippen LogP contribution in [0.1, 0.15) is 64.1 Å². The number of carbonyl (C=O) groups excluding carboxylic acids is 2. The van der Waals surface area contributed by atoms with E-state index in [0.717, 1.165) is 6.26 Å². The summed E-state index contributed by atoms with van der Waals surface area (Å²) in [5.41, 5.74) is 0.575. The van der Waals surface area contributed by atoms with Crippen LogP contribution in [0.4, 0.5) is 0 Å². The third kappa shape index (κ3) is 15.2. The summed E-state index contributed by atoms with van der Waals surface area (Å²) < 4.78 is 35.1. The molecule has 0 saturated heterocycles. The van der Waals surface area contributed by atoms with Crippen LogP contribution in [0.2, 0.25) is 0 Å². The molecule has 0 aliphatic heterocycles. The summed E-state index contributed by atoms with van der Waals surface area (Å²) in [4.78, 5) is 42.1. The van der Waals surface area contributed by atoms with Gasteiger partial charge < -0.3 is 25.2 Å². The minimum atomic E-state index is -3.46. The van der Waals surface area contributed by atoms with Crippen molar-refractivity contribution in [3.8, 4) is 11.8 Å². The van der Waals surface area contributed by atoms with Gasteiger partial charge in [-0.05, 0) is 40.0 Å². The van der Waals surface area contributed by atoms with E-state index in [2.05, 4.69) is 42.8 Å². The van der Waals surface area contributed by atoms with Crippen molar-refractivity contribution < 1.29 is 37.4 Å². The Kier molecular flexibility index (Phi) is 14.1. The van der Waals surface area contributed by atoms with Crippen molar-refractivity contribution in [1.82, 2.24) is 35.6 Å². The van der Waals surface area contributed by atoms with Crippen molar-refractivity contribution in [1.29, 1.82) is 0 Å². The highest BCUT2D eigenvalue weighted by Crippen LogP contribution is 2.11. The predicted molar refractivity (Wildman–Crippen MR) is 153 cm³/mol. The van der Waals surface area contributed by atoms with E-state index in [0.29, 0.717) is 56.5 Å². The summed E-state index contributed by atoms with van der Waals surface area (Å²) in [7, 11) is -3.46. The number of rotatable bonds is 18. The number of ether oxygens (including phenoxy) is 2. The minimum Gasteiger partial charge on any atom is -0.480 e. The van der Waals surface area contributed by atoms with Gasteiger partial charge in [-0.25, -0.2) is 23.2 Å². The van der Waals surface area contributed by atoms with Crippen LogP contribution in [-0.2, 0) is 46.8 Å². The molecule has 1 unspecified atom stereocenters. The molecular formula is C27H39N7O8S. The molecule has 0 saturated carbocycles. The number of carboxylic acid groups (broad SMARTS) is 1. The lowest BCUT2D eigenvalue weighted by molar-refractivity contribution is -0.143. The second-order valence-corrected chi connectivity index (χ2v) is 12.4. The van der Waals surface area contributed by atoms with Gasteiger partial charge in [0.15, 0.2) is 0 Å². The van der Waals surface area contributed by atoms with Crippen LogP contribution in [0.3, 0.4) is 0 Å². The second-order valence-electron chi connectivity index (χ2n) is 10.5. The zero-order valence-electron chi connectivity index (χ0n) is 24.8. The van der Waals surface area contributed by atoms with Crippen molar-refractivity contribution in [3.05, 3.63) is 29.8 Å². The van der Waals surface area contributed by atoms with Crippen molar-refractivity contribution in [2.24, 2.45) is 0 Å². The van der Waals surface area contributed by atoms with E-state index in [4.69, 9.17) is 14.6 Å². The fourth-order valence-electron chi connectivity index (χ4n) is 3.50. The molecule has 3 N–H and O–H groups in total. The lowest BCUT2D eigenvalue weighted by Crippen LogP contribution is -2.46. The predicted octanol–water partition coefficient (Wildman–Crippen LogP) is 0.491. The molecule has 0 bridgehead atoms. The van der Waals surface area contributed by atoms with Crippen molar-refractivity contribution in [2.75, 3.05) is 26.1 Å². The van der Waals surface area contributed by atoms with E-state index in [-0.39, 0.29) is 30.3 Å². The van der Waals surface area contributed by atoms with E-state index in [1.807, 2.05) is 20.8 Å². The molecule has 43 heavy (non-hydrogen) atoms. The molecule has 2 rings (SSSR count). The van der Waals surface area contributed by atoms with Gasteiger partial charge in [0.2, 0.25) is 26.8 Å². The zero-order chi connectivity index (χ0) is 31.9. The first-order valence-electron chi connectivity index (χ1n) is 13.6. The minimum absolute atomic E-state index is 0.0692. The van der Waals surface area contributed by atoms with E-state index >= 15 is 0 Å². The summed E-state index contributed by atoms with van der Waals surface area (Å²) in [6, 6.07) is 0. The summed E-state index contributed by atoms with van der Waals surface area (Å²) in [6.07, 6.45) is 7.98. The topological polar surface area (TPSA) is 205 Å². The van der Waals surface area contributed by atoms with E-state index < -0.39 is 33.9 Å². The summed E-state index contributed by atoms with van der Waals surface area (Å²) in [5, 5.41) is 22.1. The average Bonchev–Trinajstić information content (AvgIpc) is 3.37. The normalized spacial score (nSPS) is 12.2. The van der Waals surface area contributed by atoms with Crippen LogP contribution >= 0.6 is 0 Å². The Labute approximate surface area is 251 Å². The van der Waals surface area contributed by atoms with Crippen LogP contribution in [0.5, 0.6) is 0 Å². The van der Waals surface area contributed by atoms with Gasteiger partial charge in [0.05, 0.1) is 24.4 Å². The largest absolute Gasteiger partial charge is 0.480 e. The van der Waals surface area contributed by atoms with Gasteiger partial charge in [0, 0.05) is 50.2 Å². The third-order valence-electron chi connectivity index (χ3n) is 5.78. The standard InChI is InChI=1S/C27H39N7O8S/c1-20(42-13-11-27(2,3)31-24(36)18-41-19-25(37)38)10-12-34-17-22(32-33-34)16-28-23(35)9-7-5-6-8-21-14-29-26(30-15-21)43(4,39)40/h14-15,17,20H,5,7,9-13,16,18-19H2,1-4H3,(H,28,35)(H,31,36)(H,37,38). The lowest BCUT2D eigenvalue weighted by atomic mass is 10.0. The first-order chi connectivity index (χ1) is 20.2. The summed E-state index contributed by atoms with van der Waals surface area (Å²) in [5.74, 6) is 4.10. The number of nitrogens with one attached hydrogen (secondary N) is 2. The number of unbranched alkanes of at least 4 members (excludes halogenated alkanes) is 1. The Morgan fingerprint density at radius 3 is 2.56 bits per heavy atom. The average molecular weight is 622 g/mol. The van der Waals surface area contributed by atoms with Gasteiger partial charge in [-0.3, -0.25) is 14.3 Å². The SMILES string of the molecule is CC(CCn1cc(CNC(=O)CCCC#Cc2cnc(S(C)(=O)=O)nc2)nn1)OCCC(C)(C)NC(=O)COCC(=O)O. The Morgan fingerprint density at radius 1 is 1.16 bits per heavy atom. The summed E-state index contributed by atoms with van der Waals surface area (Å²) >= 11 is 0. The molecule has 236 valence electrons. The number of sulfone groups is 1. The molecule has 2 aromatic rings. The van der Waals surface area contributed by atoms with Crippen LogP contribution in [0.25, 0.3) is 0 Å². The highest BCUT2D eigenvalue weighted by molar-refractivity contribution is 7.90. The molecule has 2 aromatic heterocycles. The molecule has 15 nitrogen and oxygen atoms in total. The molecule has 16 heteroatoms. The Hall–Kier alpha value is -3.94. The number of nitrogens with zero attached hydrogens (tertiary/aromatic N) is 5. The number of aryl methyl sites for hydroxylation is 1. The van der Waals surface area contributed by atoms with Gasteiger partial charge in [-0.15, -0.1) is 5.10 Å². The molecule has 0 aromatic carbocycles. The van der Waals surface area contributed by atoms with E-state index in [1.165, 1.54) is 12.4 Å². The van der Waals surface area contributed by atoms with Gasteiger partial charge in [0.25, 0.3) is 0 Å². The van der Waals surface area contributed by atoms with Crippen molar-refractivity contribution in [2.45, 2.75) is 82.8 Å². The molecular weight excluding hydrogens is 582 g/mol. The molecule has 0 radical (unpaired) electrons. The quantitative estimate of drug-likeness (QED) is 0.118. The fourth-order valence-corrected chi connectivity index (χ4v) is 3.99. The fraction of sp³-hybridized carbons (Fsp3) is 0.593. The first-order valence-corrected chi connectivity index (χ1v) is 15.5. The Balaban J connectivity index is 1.60. The number of hydrogen-bond acceptors (Lipinski definition) is 11. The maximum absolute atomic E-state index is 12.1. The lowest BCUT2D eigenvalue weighted by Gasteiger charge is -2.27. The highest BCUT2D eigenvalue weighted by Gasteiger charge is 2.21. The number of aliphatic carboxylic acids is 1. The van der Waals surface area contributed by atoms with Crippen LogP contribution < -0.4 is 10.6 Å². The number of hydrogen-bond donors (Lipinski definition) is 3. The Morgan fingerprint density at radius 2 is 1.88 bits per heavy atom. The van der Waals surface area contributed by atoms with Gasteiger partial charge >= 0.3 is 5.97 Å². The summed E-state index contributed by atoms with van der Waals surface area (Å²) in [6.45, 7) is 6.03. The molecule has 0 aliphatic rings. The van der Waals surface area contributed by atoms with Crippen molar-refractivity contribution >= 4 is 27.6 Å². The first kappa shape index (κ1) is 35.3. The number of aromatic nitrogens is 5. The smallest absolute Gasteiger partial charge is 0.329 e. The van der Waals surface area contributed by atoms with Gasteiger partial charge in [-0.2, -0.15) is 0 Å². The second kappa shape index (κ2) is 17.2. The maximum atomic E-state index is 12.1. The van der Waals surface area contributed by atoms with Crippen LogP contribution in [0, 0.1) is 11.8 Å². The van der Waals surface area contributed by atoms with Crippen LogP contribution in [0.15, 0.2) is 23.7 Å². The molecule has 0 spiro atoms. The number of carbonyl (C=O) groups is 3. The Bertz CT molecular complexity index is 1380. The molecule has 2 heterocycles. The third-order valence-corrected chi connectivity index (χ3v) is 6.66. The van der Waals surface area contributed by atoms with Crippen molar-refractivity contribution in [3.63, 3.8) is 0 Å². The monoisotopic (exact) mass is 621 g/mol. The number of carboxylic acids is 1. The van der Waals surface area contributed by atoms with Gasteiger partial charge in [-0.1, -0.05) is 17.1 Å². The number of amides is 2.